The smallest absolute Gasteiger partial charge is 0.344 e. The predicted octanol–water partition coefficient (Wildman–Crippen LogP) is 2.42. The molecule has 1 atom stereocenters. The molecule has 0 aromatic heterocycles. The van der Waals surface area contributed by atoms with E-state index in [-0.39, 0.29) is 0 Å². The summed E-state index contributed by atoms with van der Waals surface area (Å²) in [6, 6.07) is 4.61. The van der Waals surface area contributed by atoms with Gasteiger partial charge in [0.2, 0.25) is 0 Å². The van der Waals surface area contributed by atoms with E-state index in [0.717, 1.165) is 0 Å². The molecule has 0 spiro atoms. The molecule has 0 amide bonds. The van der Waals surface area contributed by atoms with Crippen molar-refractivity contribution in [2.45, 2.75) is 13.0 Å². The summed E-state index contributed by atoms with van der Waals surface area (Å²) in [5.74, 6) is -0.734. The minimum absolute atomic E-state index is 0.297. The van der Waals surface area contributed by atoms with Crippen LogP contribution in [0.1, 0.15) is 6.92 Å². The van der Waals surface area contributed by atoms with Crippen molar-refractivity contribution < 1.29 is 14.6 Å². The van der Waals surface area contributed by atoms with Crippen LogP contribution in [0.25, 0.3) is 0 Å². The number of carboxylic acids is 1. The molecule has 1 aromatic rings. The summed E-state index contributed by atoms with van der Waals surface area (Å²) >= 11 is 11.4. The monoisotopic (exact) mass is 265 g/mol. The molecule has 0 saturated heterocycles. The highest BCUT2D eigenvalue weighted by Crippen LogP contribution is 2.28. The van der Waals surface area contributed by atoms with Gasteiger partial charge in [0.1, 0.15) is 5.75 Å². The van der Waals surface area contributed by atoms with Gasteiger partial charge in [0.25, 0.3) is 0 Å². The molecule has 0 aliphatic heterocycles. The molecular weight excluding hydrogens is 253 g/mol. The van der Waals surface area contributed by atoms with E-state index in [1.165, 1.54) is 26.1 Å². The molecular formula is C10H13Cl2NO3. The van der Waals surface area contributed by atoms with Crippen molar-refractivity contribution in [2.24, 2.45) is 5.73 Å². The van der Waals surface area contributed by atoms with Crippen molar-refractivity contribution in [3.63, 3.8) is 0 Å². The Morgan fingerprint density at radius 2 is 2.00 bits per heavy atom. The molecule has 0 aliphatic rings. The lowest BCUT2D eigenvalue weighted by molar-refractivity contribution is -0.144. The fraction of sp³-hybridized carbons (Fsp3) is 0.300. The second kappa shape index (κ2) is 7.33. The molecule has 0 radical (unpaired) electrons. The Kier molecular flexibility index (Phi) is 6.88. The first-order chi connectivity index (χ1) is 7.50. The van der Waals surface area contributed by atoms with Gasteiger partial charge >= 0.3 is 5.97 Å². The summed E-state index contributed by atoms with van der Waals surface area (Å²) in [5, 5.41) is 9.37. The van der Waals surface area contributed by atoms with Gasteiger partial charge in [-0.1, -0.05) is 23.2 Å². The minimum atomic E-state index is -1.05. The lowest BCUT2D eigenvalue weighted by Gasteiger charge is -2.11. The maximum Gasteiger partial charge on any atom is 0.344 e. The van der Waals surface area contributed by atoms with Gasteiger partial charge in [0.15, 0.2) is 6.10 Å². The van der Waals surface area contributed by atoms with Crippen molar-refractivity contribution in [2.75, 3.05) is 7.05 Å². The average molecular weight is 266 g/mol. The van der Waals surface area contributed by atoms with Crippen LogP contribution in [0.3, 0.4) is 0 Å². The molecule has 0 bridgehead atoms. The third-order valence-corrected chi connectivity index (χ3v) is 2.08. The predicted molar refractivity (Wildman–Crippen MR) is 64.3 cm³/mol. The molecule has 4 nitrogen and oxygen atoms in total. The number of hydrogen-bond acceptors (Lipinski definition) is 3. The van der Waals surface area contributed by atoms with E-state index < -0.39 is 12.1 Å². The van der Waals surface area contributed by atoms with Crippen LogP contribution in [0.5, 0.6) is 5.75 Å². The lowest BCUT2D eigenvalue weighted by atomic mass is 10.3. The van der Waals surface area contributed by atoms with Crippen molar-refractivity contribution in [3.05, 3.63) is 28.2 Å². The van der Waals surface area contributed by atoms with Crippen LogP contribution < -0.4 is 10.5 Å². The standard InChI is InChI=1S/C9H8Cl2O3.CH5N/c1-5(9(12)13)14-8-3-2-6(10)4-7(8)11;1-2/h2-5H,1H3,(H,12,13);2H2,1H3. The molecule has 0 fully saturated rings. The zero-order chi connectivity index (χ0) is 12.7. The maximum atomic E-state index is 10.5. The summed E-state index contributed by atoms with van der Waals surface area (Å²) in [6.45, 7) is 1.42. The fourth-order valence-electron chi connectivity index (χ4n) is 0.812. The Bertz CT molecular complexity index is 358. The van der Waals surface area contributed by atoms with Crippen LogP contribution in [0.4, 0.5) is 0 Å². The van der Waals surface area contributed by atoms with Gasteiger partial charge in [-0.3, -0.25) is 0 Å². The van der Waals surface area contributed by atoms with Crippen LogP contribution in [-0.2, 0) is 4.79 Å². The first kappa shape index (κ1) is 15.0. The van der Waals surface area contributed by atoms with E-state index in [1.807, 2.05) is 0 Å². The van der Waals surface area contributed by atoms with Gasteiger partial charge in [0, 0.05) is 5.02 Å². The largest absolute Gasteiger partial charge is 0.479 e. The number of aliphatic carboxylic acids is 1. The Labute approximate surface area is 104 Å². The third kappa shape index (κ3) is 4.70. The zero-order valence-corrected chi connectivity index (χ0v) is 10.4. The summed E-state index contributed by atoms with van der Waals surface area (Å²) in [7, 11) is 1.50. The van der Waals surface area contributed by atoms with Crippen molar-refractivity contribution >= 4 is 29.2 Å². The van der Waals surface area contributed by atoms with Gasteiger partial charge in [-0.05, 0) is 32.2 Å². The van der Waals surface area contributed by atoms with Crippen molar-refractivity contribution in [1.82, 2.24) is 0 Å². The van der Waals surface area contributed by atoms with Crippen molar-refractivity contribution in [3.8, 4) is 5.75 Å². The first-order valence-electron chi connectivity index (χ1n) is 4.43. The Morgan fingerprint density at radius 1 is 1.44 bits per heavy atom. The van der Waals surface area contributed by atoms with Gasteiger partial charge in [-0.25, -0.2) is 4.79 Å². The maximum absolute atomic E-state index is 10.5. The molecule has 0 heterocycles. The van der Waals surface area contributed by atoms with E-state index in [9.17, 15) is 4.79 Å². The average Bonchev–Trinajstić information content (AvgIpc) is 2.25. The Morgan fingerprint density at radius 3 is 2.44 bits per heavy atom. The number of halogens is 2. The van der Waals surface area contributed by atoms with E-state index in [0.29, 0.717) is 15.8 Å². The number of nitrogens with two attached hydrogens (primary N) is 1. The van der Waals surface area contributed by atoms with E-state index in [1.54, 1.807) is 6.07 Å². The molecule has 16 heavy (non-hydrogen) atoms. The number of ether oxygens (including phenoxy) is 1. The molecule has 0 saturated carbocycles. The normalized spacial score (nSPS) is 11.1. The van der Waals surface area contributed by atoms with E-state index in [4.69, 9.17) is 33.0 Å². The zero-order valence-electron chi connectivity index (χ0n) is 8.91. The Balaban J connectivity index is 0.00000106. The topological polar surface area (TPSA) is 72.5 Å². The summed E-state index contributed by atoms with van der Waals surface area (Å²) < 4.78 is 5.07. The van der Waals surface area contributed by atoms with Gasteiger partial charge in [-0.2, -0.15) is 0 Å². The highest BCUT2D eigenvalue weighted by Gasteiger charge is 2.14. The first-order valence-corrected chi connectivity index (χ1v) is 5.18. The molecule has 1 aromatic carbocycles. The summed E-state index contributed by atoms with van der Waals surface area (Å²) in [4.78, 5) is 10.5. The quantitative estimate of drug-likeness (QED) is 0.881. The summed E-state index contributed by atoms with van der Waals surface area (Å²) in [6.07, 6.45) is -0.936. The van der Waals surface area contributed by atoms with Crippen LogP contribution in [-0.4, -0.2) is 24.2 Å². The number of rotatable bonds is 3. The number of benzene rings is 1. The highest BCUT2D eigenvalue weighted by atomic mass is 35.5. The molecule has 3 N–H and O–H groups in total. The van der Waals surface area contributed by atoms with E-state index in [2.05, 4.69) is 5.73 Å². The van der Waals surface area contributed by atoms with Crippen molar-refractivity contribution in [1.29, 1.82) is 0 Å². The summed E-state index contributed by atoms with van der Waals surface area (Å²) in [5.41, 5.74) is 4.50. The molecule has 90 valence electrons. The van der Waals surface area contributed by atoms with E-state index >= 15 is 0 Å². The van der Waals surface area contributed by atoms with Crippen LogP contribution >= 0.6 is 23.2 Å². The number of hydrogen-bond donors (Lipinski definition) is 2. The molecule has 0 aliphatic carbocycles. The lowest BCUT2D eigenvalue weighted by Crippen LogP contribution is -2.22. The van der Waals surface area contributed by atoms with Crippen LogP contribution in [0.2, 0.25) is 10.0 Å². The molecule has 1 rings (SSSR count). The minimum Gasteiger partial charge on any atom is -0.479 e. The number of carbonyl (C=O) groups is 1. The Hall–Kier alpha value is -0.970. The third-order valence-electron chi connectivity index (χ3n) is 1.55. The number of carboxylic acid groups (broad SMARTS) is 1. The fourth-order valence-corrected chi connectivity index (χ4v) is 1.26. The molecule has 6 heteroatoms. The molecule has 1 unspecified atom stereocenters. The highest BCUT2D eigenvalue weighted by molar-refractivity contribution is 6.35. The van der Waals surface area contributed by atoms with Crippen LogP contribution in [0.15, 0.2) is 18.2 Å². The van der Waals surface area contributed by atoms with Gasteiger partial charge in [0.05, 0.1) is 5.02 Å². The van der Waals surface area contributed by atoms with Crippen LogP contribution in [0, 0.1) is 0 Å². The second-order valence-electron chi connectivity index (χ2n) is 2.67. The van der Waals surface area contributed by atoms with Gasteiger partial charge < -0.3 is 15.6 Å². The second-order valence-corrected chi connectivity index (χ2v) is 3.52. The SMILES string of the molecule is CC(Oc1ccc(Cl)cc1Cl)C(=O)O.CN. The van der Waals surface area contributed by atoms with Gasteiger partial charge in [-0.15, -0.1) is 0 Å².